The fourth-order valence-electron chi connectivity index (χ4n) is 3.76. The third kappa shape index (κ3) is 3.28. The third-order valence-electron chi connectivity index (χ3n) is 5.41. The van der Waals surface area contributed by atoms with Crippen LogP contribution in [0, 0.1) is 18.8 Å². The summed E-state index contributed by atoms with van der Waals surface area (Å²) in [5.41, 5.74) is 3.54. The number of ether oxygens (including phenoxy) is 1. The second-order valence-electron chi connectivity index (χ2n) is 7.22. The molecule has 1 saturated carbocycles. The normalized spacial score (nSPS) is 21.2. The van der Waals surface area contributed by atoms with Gasteiger partial charge in [0, 0.05) is 31.4 Å². The molecule has 2 atom stereocenters. The number of nitrogens with one attached hydrogen (secondary N) is 1. The van der Waals surface area contributed by atoms with Gasteiger partial charge in [-0.2, -0.15) is 4.98 Å². The molecule has 1 N–H and O–H groups in total. The van der Waals surface area contributed by atoms with Crippen LogP contribution in [0.1, 0.15) is 30.0 Å². The number of hydrogen-bond acceptors (Lipinski definition) is 5. The summed E-state index contributed by atoms with van der Waals surface area (Å²) in [5, 5.41) is 3.51. The minimum absolute atomic E-state index is 0.750. The molecule has 1 aromatic heterocycles. The van der Waals surface area contributed by atoms with Gasteiger partial charge in [0.2, 0.25) is 5.95 Å². The topological polar surface area (TPSA) is 50.3 Å². The molecule has 1 aliphatic heterocycles. The van der Waals surface area contributed by atoms with E-state index < -0.39 is 0 Å². The van der Waals surface area contributed by atoms with E-state index >= 15 is 0 Å². The highest BCUT2D eigenvalue weighted by atomic mass is 16.5. The van der Waals surface area contributed by atoms with Gasteiger partial charge in [-0.25, -0.2) is 4.98 Å². The van der Waals surface area contributed by atoms with E-state index in [-0.39, 0.29) is 0 Å². The van der Waals surface area contributed by atoms with E-state index in [0.29, 0.717) is 0 Å². The maximum absolute atomic E-state index is 5.34. The fourth-order valence-corrected chi connectivity index (χ4v) is 3.76. The zero-order valence-electron chi connectivity index (χ0n) is 15.2. The van der Waals surface area contributed by atoms with Gasteiger partial charge in [-0.3, -0.25) is 0 Å². The summed E-state index contributed by atoms with van der Waals surface area (Å²) in [6.45, 7) is 7.20. The summed E-state index contributed by atoms with van der Waals surface area (Å²) in [6, 6.07) is 6.28. The predicted octanol–water partition coefficient (Wildman–Crippen LogP) is 3.42. The first-order chi connectivity index (χ1) is 12.2. The Labute approximate surface area is 149 Å². The van der Waals surface area contributed by atoms with E-state index in [4.69, 9.17) is 9.72 Å². The SMILES string of the molecule is CCc1cnc(N2CC3CC3C2)nc1NCc1ccc(OC)c(C)c1. The average molecular weight is 338 g/mol. The molecule has 2 unspecified atom stereocenters. The molecule has 2 aromatic rings. The van der Waals surface area contributed by atoms with Crippen LogP contribution in [-0.4, -0.2) is 30.2 Å². The van der Waals surface area contributed by atoms with E-state index in [1.807, 2.05) is 12.3 Å². The molecule has 1 aliphatic carbocycles. The highest BCUT2D eigenvalue weighted by Gasteiger charge is 2.45. The Kier molecular flexibility index (Phi) is 4.24. The number of fused-ring (bicyclic) bond motifs is 1. The van der Waals surface area contributed by atoms with Crippen molar-refractivity contribution in [1.29, 1.82) is 0 Å². The summed E-state index contributed by atoms with van der Waals surface area (Å²) >= 11 is 0. The second-order valence-corrected chi connectivity index (χ2v) is 7.22. The second kappa shape index (κ2) is 6.54. The van der Waals surface area contributed by atoms with Gasteiger partial charge in [0.1, 0.15) is 11.6 Å². The summed E-state index contributed by atoms with van der Waals surface area (Å²) in [6.07, 6.45) is 4.30. The van der Waals surface area contributed by atoms with E-state index in [2.05, 4.69) is 41.2 Å². The van der Waals surface area contributed by atoms with Gasteiger partial charge in [-0.05, 0) is 48.8 Å². The van der Waals surface area contributed by atoms with Gasteiger partial charge in [-0.15, -0.1) is 0 Å². The van der Waals surface area contributed by atoms with Crippen molar-refractivity contribution in [1.82, 2.24) is 9.97 Å². The van der Waals surface area contributed by atoms with Crippen molar-refractivity contribution in [3.05, 3.63) is 41.1 Å². The lowest BCUT2D eigenvalue weighted by molar-refractivity contribution is 0.411. The van der Waals surface area contributed by atoms with Crippen LogP contribution in [0.25, 0.3) is 0 Å². The van der Waals surface area contributed by atoms with Crippen LogP contribution in [-0.2, 0) is 13.0 Å². The smallest absolute Gasteiger partial charge is 0.227 e. The summed E-state index contributed by atoms with van der Waals surface area (Å²) in [5.74, 6) is 4.52. The van der Waals surface area contributed by atoms with E-state index in [1.54, 1.807) is 7.11 Å². The molecular weight excluding hydrogens is 312 g/mol. The number of aryl methyl sites for hydroxylation is 2. The number of anilines is 2. The van der Waals surface area contributed by atoms with Crippen LogP contribution in [0.4, 0.5) is 11.8 Å². The molecule has 0 bridgehead atoms. The van der Waals surface area contributed by atoms with Crippen LogP contribution in [0.15, 0.2) is 24.4 Å². The number of rotatable bonds is 6. The average Bonchev–Trinajstić information content (AvgIpc) is 3.25. The lowest BCUT2D eigenvalue weighted by Gasteiger charge is -2.19. The molecule has 0 amide bonds. The molecule has 5 heteroatoms. The Morgan fingerprint density at radius 3 is 2.76 bits per heavy atom. The number of nitrogens with zero attached hydrogens (tertiary/aromatic N) is 3. The molecule has 5 nitrogen and oxygen atoms in total. The molecular formula is C20H26N4O. The van der Waals surface area contributed by atoms with Crippen molar-refractivity contribution in [3.63, 3.8) is 0 Å². The molecule has 25 heavy (non-hydrogen) atoms. The number of benzene rings is 1. The van der Waals surface area contributed by atoms with Crippen LogP contribution >= 0.6 is 0 Å². The molecule has 2 fully saturated rings. The number of methoxy groups -OCH3 is 1. The van der Waals surface area contributed by atoms with Crippen molar-refractivity contribution >= 4 is 11.8 Å². The Hall–Kier alpha value is -2.30. The predicted molar refractivity (Wildman–Crippen MR) is 100 cm³/mol. The van der Waals surface area contributed by atoms with E-state index in [0.717, 1.165) is 61.0 Å². The molecule has 0 spiro atoms. The van der Waals surface area contributed by atoms with Crippen molar-refractivity contribution in [2.75, 3.05) is 30.4 Å². The first kappa shape index (κ1) is 16.2. The summed E-state index contributed by atoms with van der Waals surface area (Å²) in [4.78, 5) is 11.8. The van der Waals surface area contributed by atoms with Gasteiger partial charge < -0.3 is 15.0 Å². The maximum atomic E-state index is 5.34. The van der Waals surface area contributed by atoms with Gasteiger partial charge in [0.15, 0.2) is 0 Å². The first-order valence-corrected chi connectivity index (χ1v) is 9.16. The molecule has 2 heterocycles. The highest BCUT2D eigenvalue weighted by Crippen LogP contribution is 2.45. The molecule has 1 aromatic carbocycles. The van der Waals surface area contributed by atoms with E-state index in [1.165, 1.54) is 17.5 Å². The summed E-state index contributed by atoms with van der Waals surface area (Å²) in [7, 11) is 1.71. The molecule has 4 rings (SSSR count). The number of piperidine rings is 1. The monoisotopic (exact) mass is 338 g/mol. The van der Waals surface area contributed by atoms with Crippen LogP contribution in [0.5, 0.6) is 5.75 Å². The first-order valence-electron chi connectivity index (χ1n) is 9.16. The Morgan fingerprint density at radius 1 is 1.28 bits per heavy atom. The standard InChI is InChI=1S/C20H26N4O/c1-4-15-10-22-20(24-11-16-8-17(16)12-24)23-19(15)21-9-14-5-6-18(25-3)13(2)7-14/h5-7,10,16-17H,4,8-9,11-12H2,1-3H3,(H,21,22,23). The van der Waals surface area contributed by atoms with Gasteiger partial charge in [0.05, 0.1) is 7.11 Å². The largest absolute Gasteiger partial charge is 0.496 e. The molecule has 1 saturated heterocycles. The van der Waals surface area contributed by atoms with Crippen LogP contribution in [0.2, 0.25) is 0 Å². The van der Waals surface area contributed by atoms with Crippen molar-refractivity contribution < 1.29 is 4.74 Å². The van der Waals surface area contributed by atoms with Crippen molar-refractivity contribution in [2.45, 2.75) is 33.2 Å². The Morgan fingerprint density at radius 2 is 2.08 bits per heavy atom. The minimum atomic E-state index is 0.750. The van der Waals surface area contributed by atoms with Crippen molar-refractivity contribution in [2.24, 2.45) is 11.8 Å². The van der Waals surface area contributed by atoms with E-state index in [9.17, 15) is 0 Å². The Bertz CT molecular complexity index is 766. The fraction of sp³-hybridized carbons (Fsp3) is 0.500. The lowest BCUT2D eigenvalue weighted by Crippen LogP contribution is -2.24. The van der Waals surface area contributed by atoms with Crippen LogP contribution in [0.3, 0.4) is 0 Å². The lowest BCUT2D eigenvalue weighted by atomic mass is 10.1. The Balaban J connectivity index is 1.49. The van der Waals surface area contributed by atoms with Gasteiger partial charge in [-0.1, -0.05) is 19.1 Å². The van der Waals surface area contributed by atoms with Gasteiger partial charge in [0.25, 0.3) is 0 Å². The highest BCUT2D eigenvalue weighted by molar-refractivity contribution is 5.49. The quantitative estimate of drug-likeness (QED) is 0.874. The van der Waals surface area contributed by atoms with Crippen LogP contribution < -0.4 is 15.0 Å². The number of hydrogen-bond donors (Lipinski definition) is 1. The third-order valence-corrected chi connectivity index (χ3v) is 5.41. The zero-order chi connectivity index (χ0) is 17.4. The molecule has 0 radical (unpaired) electrons. The van der Waals surface area contributed by atoms with Gasteiger partial charge >= 0.3 is 0 Å². The molecule has 2 aliphatic rings. The molecule has 132 valence electrons. The number of aromatic nitrogens is 2. The maximum Gasteiger partial charge on any atom is 0.227 e. The summed E-state index contributed by atoms with van der Waals surface area (Å²) < 4.78 is 5.34. The minimum Gasteiger partial charge on any atom is -0.496 e. The zero-order valence-corrected chi connectivity index (χ0v) is 15.2. The van der Waals surface area contributed by atoms with Crippen molar-refractivity contribution in [3.8, 4) is 5.75 Å².